The number of carbonyl (C=O) groups excluding carboxylic acids is 1. The fourth-order valence-electron chi connectivity index (χ4n) is 2.56. The van der Waals surface area contributed by atoms with Crippen LogP contribution in [0.25, 0.3) is 0 Å². The number of nitro groups is 2. The highest BCUT2D eigenvalue weighted by Crippen LogP contribution is 2.38. The molecule has 1 N–H and O–H groups in total. The first kappa shape index (κ1) is 24.1. The molecular formula is C19H17N7O7S. The van der Waals surface area contributed by atoms with E-state index in [1.54, 1.807) is 17.7 Å². The van der Waals surface area contributed by atoms with Crippen molar-refractivity contribution in [2.24, 2.45) is 12.1 Å². The van der Waals surface area contributed by atoms with E-state index < -0.39 is 21.2 Å². The Morgan fingerprint density at radius 2 is 1.94 bits per heavy atom. The largest absolute Gasteiger partial charge is 0.493 e. The smallest absolute Gasteiger partial charge is 0.318 e. The molecule has 3 aromatic rings. The fraction of sp³-hybridized carbons (Fsp3) is 0.158. The first-order valence-corrected chi connectivity index (χ1v) is 10.3. The minimum absolute atomic E-state index is 0.0913. The van der Waals surface area contributed by atoms with Crippen molar-refractivity contribution in [3.05, 3.63) is 68.5 Å². The Bertz CT molecular complexity index is 1260. The maximum Gasteiger partial charge on any atom is 0.318 e. The van der Waals surface area contributed by atoms with Crippen LogP contribution in [0.1, 0.15) is 5.56 Å². The van der Waals surface area contributed by atoms with Gasteiger partial charge in [0, 0.05) is 13.1 Å². The number of ether oxygens (including phenoxy) is 2. The predicted molar refractivity (Wildman–Crippen MR) is 120 cm³/mol. The second-order valence-electron chi connectivity index (χ2n) is 6.48. The molecule has 0 bridgehead atoms. The summed E-state index contributed by atoms with van der Waals surface area (Å²) in [5.41, 5.74) is 1.93. The number of aryl methyl sites for hydroxylation is 1. The van der Waals surface area contributed by atoms with Crippen LogP contribution in [-0.2, 0) is 11.8 Å². The van der Waals surface area contributed by atoms with Gasteiger partial charge in [-0.2, -0.15) is 5.10 Å². The van der Waals surface area contributed by atoms with Gasteiger partial charge in [0.2, 0.25) is 5.75 Å². The minimum atomic E-state index is -0.777. The van der Waals surface area contributed by atoms with Crippen LogP contribution in [-0.4, -0.2) is 49.6 Å². The summed E-state index contributed by atoms with van der Waals surface area (Å²) >= 11 is 1.20. The molecule has 2 aromatic carbocycles. The van der Waals surface area contributed by atoms with Gasteiger partial charge in [-0.05, 0) is 29.8 Å². The van der Waals surface area contributed by atoms with Gasteiger partial charge < -0.3 is 14.0 Å². The van der Waals surface area contributed by atoms with Crippen LogP contribution in [0.4, 0.5) is 11.4 Å². The van der Waals surface area contributed by atoms with Crippen LogP contribution in [0.5, 0.6) is 17.2 Å². The van der Waals surface area contributed by atoms with Gasteiger partial charge in [-0.1, -0.05) is 11.8 Å². The number of nitro benzene ring substituents is 2. The summed E-state index contributed by atoms with van der Waals surface area (Å²) in [6.45, 7) is 0. The molecule has 3 rings (SSSR count). The zero-order valence-electron chi connectivity index (χ0n) is 17.8. The van der Waals surface area contributed by atoms with Gasteiger partial charge in [0.25, 0.3) is 11.6 Å². The molecule has 14 nitrogen and oxygen atoms in total. The highest BCUT2D eigenvalue weighted by molar-refractivity contribution is 7.99. The van der Waals surface area contributed by atoms with E-state index in [-0.39, 0.29) is 28.9 Å². The predicted octanol–water partition coefficient (Wildman–Crippen LogP) is 2.67. The van der Waals surface area contributed by atoms with E-state index in [4.69, 9.17) is 9.47 Å². The molecule has 0 saturated carbocycles. The maximum absolute atomic E-state index is 11.9. The molecule has 0 aliphatic rings. The molecule has 15 heteroatoms. The zero-order chi connectivity index (χ0) is 24.7. The van der Waals surface area contributed by atoms with Crippen molar-refractivity contribution < 1.29 is 24.1 Å². The minimum Gasteiger partial charge on any atom is -0.493 e. The van der Waals surface area contributed by atoms with Gasteiger partial charge in [0.15, 0.2) is 16.7 Å². The van der Waals surface area contributed by atoms with Gasteiger partial charge in [-0.25, -0.2) is 5.43 Å². The van der Waals surface area contributed by atoms with Crippen molar-refractivity contribution in [3.8, 4) is 17.2 Å². The van der Waals surface area contributed by atoms with E-state index in [0.29, 0.717) is 10.7 Å². The third-order valence-electron chi connectivity index (χ3n) is 4.16. The van der Waals surface area contributed by atoms with E-state index in [0.717, 1.165) is 18.2 Å². The van der Waals surface area contributed by atoms with Gasteiger partial charge >= 0.3 is 5.69 Å². The summed E-state index contributed by atoms with van der Waals surface area (Å²) < 4.78 is 12.5. The van der Waals surface area contributed by atoms with E-state index in [1.165, 1.54) is 43.5 Å². The van der Waals surface area contributed by atoms with Crippen LogP contribution in [0.2, 0.25) is 0 Å². The maximum atomic E-state index is 11.9. The van der Waals surface area contributed by atoms with E-state index in [9.17, 15) is 25.0 Å². The van der Waals surface area contributed by atoms with Crippen LogP contribution >= 0.6 is 11.8 Å². The Labute approximate surface area is 195 Å². The number of nitrogens with zero attached hydrogens (tertiary/aromatic N) is 6. The summed E-state index contributed by atoms with van der Waals surface area (Å²) in [6, 6.07) is 7.65. The third kappa shape index (κ3) is 6.04. The number of methoxy groups -OCH3 is 1. The van der Waals surface area contributed by atoms with Crippen molar-refractivity contribution in [1.82, 2.24) is 20.2 Å². The lowest BCUT2D eigenvalue weighted by Crippen LogP contribution is -2.19. The Morgan fingerprint density at radius 1 is 1.18 bits per heavy atom. The first-order chi connectivity index (χ1) is 16.3. The molecule has 0 radical (unpaired) electrons. The number of hydrazone groups is 1. The molecule has 1 amide bonds. The molecular weight excluding hydrogens is 470 g/mol. The Hall–Kier alpha value is -4.53. The zero-order valence-corrected chi connectivity index (χ0v) is 18.6. The molecule has 176 valence electrons. The Morgan fingerprint density at radius 3 is 2.59 bits per heavy atom. The third-order valence-corrected chi connectivity index (χ3v) is 5.20. The van der Waals surface area contributed by atoms with Gasteiger partial charge in [-0.3, -0.25) is 25.0 Å². The highest BCUT2D eigenvalue weighted by Gasteiger charge is 2.22. The van der Waals surface area contributed by atoms with Crippen molar-refractivity contribution in [2.45, 2.75) is 5.16 Å². The monoisotopic (exact) mass is 487 g/mol. The normalized spacial score (nSPS) is 10.8. The summed E-state index contributed by atoms with van der Waals surface area (Å²) in [7, 11) is 3.14. The second kappa shape index (κ2) is 10.9. The molecule has 1 aromatic heterocycles. The van der Waals surface area contributed by atoms with E-state index in [1.807, 2.05) is 0 Å². The average molecular weight is 487 g/mol. The Kier molecular flexibility index (Phi) is 7.71. The lowest BCUT2D eigenvalue weighted by atomic mass is 10.2. The van der Waals surface area contributed by atoms with E-state index in [2.05, 4.69) is 20.7 Å². The van der Waals surface area contributed by atoms with Gasteiger partial charge in [0.05, 0.1) is 35.0 Å². The van der Waals surface area contributed by atoms with Crippen LogP contribution in [0.3, 0.4) is 0 Å². The number of benzene rings is 2. The number of thioether (sulfide) groups is 1. The number of aromatic nitrogens is 3. The number of rotatable bonds is 10. The summed E-state index contributed by atoms with van der Waals surface area (Å²) in [4.78, 5) is 32.6. The average Bonchev–Trinajstić information content (AvgIpc) is 3.23. The molecule has 0 atom stereocenters. The van der Waals surface area contributed by atoms with Crippen LogP contribution in [0, 0.1) is 20.2 Å². The van der Waals surface area contributed by atoms with Crippen LogP contribution in [0.15, 0.2) is 53.0 Å². The summed E-state index contributed by atoms with van der Waals surface area (Å²) in [5.74, 6) is -0.0836. The summed E-state index contributed by atoms with van der Waals surface area (Å²) in [5, 5.41) is 34.3. The first-order valence-electron chi connectivity index (χ1n) is 9.36. The SMILES string of the molecule is COc1cc(C=NNC(=O)CSc2nncn2C)ccc1Oc1ccc([N+](=O)[O-])cc1[N+](=O)[O-]. The molecule has 0 saturated heterocycles. The number of amides is 1. The second-order valence-corrected chi connectivity index (χ2v) is 7.43. The lowest BCUT2D eigenvalue weighted by molar-refractivity contribution is -0.394. The Balaban J connectivity index is 1.67. The number of carbonyl (C=O) groups is 1. The number of nitrogens with one attached hydrogen (secondary N) is 1. The number of hydrogen-bond acceptors (Lipinski definition) is 11. The molecule has 34 heavy (non-hydrogen) atoms. The summed E-state index contributed by atoms with van der Waals surface area (Å²) in [6.07, 6.45) is 2.91. The molecule has 0 aliphatic heterocycles. The van der Waals surface area contributed by atoms with E-state index >= 15 is 0 Å². The van der Waals surface area contributed by atoms with Crippen molar-refractivity contribution in [1.29, 1.82) is 0 Å². The quantitative estimate of drug-likeness (QED) is 0.193. The molecule has 0 spiro atoms. The fourth-order valence-corrected chi connectivity index (χ4v) is 3.24. The van der Waals surface area contributed by atoms with Crippen LogP contribution < -0.4 is 14.9 Å². The topological polar surface area (TPSA) is 177 Å². The standard InChI is InChI=1S/C19H17N7O7S/c1-24-11-21-23-19(24)34-10-18(27)22-20-9-12-3-5-16(17(7-12)32-2)33-15-6-4-13(25(28)29)8-14(15)26(30)31/h3-9,11H,10H2,1-2H3,(H,22,27). The van der Waals surface area contributed by atoms with Gasteiger partial charge in [-0.15, -0.1) is 10.2 Å². The number of non-ortho nitro benzene ring substituents is 1. The van der Waals surface area contributed by atoms with Crippen molar-refractivity contribution in [2.75, 3.05) is 12.9 Å². The molecule has 1 heterocycles. The molecule has 0 aliphatic carbocycles. The molecule has 0 fully saturated rings. The lowest BCUT2D eigenvalue weighted by Gasteiger charge is -2.11. The van der Waals surface area contributed by atoms with Crippen molar-refractivity contribution >= 4 is 35.3 Å². The number of hydrogen-bond donors (Lipinski definition) is 1. The molecule has 0 unspecified atom stereocenters. The highest BCUT2D eigenvalue weighted by atomic mass is 32.2. The van der Waals surface area contributed by atoms with Crippen molar-refractivity contribution in [3.63, 3.8) is 0 Å². The van der Waals surface area contributed by atoms with Gasteiger partial charge in [0.1, 0.15) is 6.33 Å².